The summed E-state index contributed by atoms with van der Waals surface area (Å²) in [6.07, 6.45) is 0. The van der Waals surface area contributed by atoms with Crippen molar-refractivity contribution in [3.63, 3.8) is 0 Å². The van der Waals surface area contributed by atoms with E-state index in [1.165, 1.54) is 0 Å². The maximum absolute atomic E-state index is 11.9. The van der Waals surface area contributed by atoms with Crippen LogP contribution >= 0.6 is 11.6 Å². The Hall–Kier alpha value is -2.40. The number of nitrogens with one attached hydrogen (secondary N) is 2. The number of methoxy groups -OCH3 is 1. The van der Waals surface area contributed by atoms with Crippen LogP contribution in [0.25, 0.3) is 0 Å². The molecule has 0 aromatic heterocycles. The van der Waals surface area contributed by atoms with Gasteiger partial charge in [0, 0.05) is 10.7 Å². The van der Waals surface area contributed by atoms with Crippen LogP contribution in [0, 0.1) is 0 Å². The minimum atomic E-state index is -0.293. The smallest absolute Gasteiger partial charge is 0.319 e. The molecule has 0 bridgehead atoms. The molecule has 0 unspecified atom stereocenters. The number of hydrogen-bond donors (Lipinski definition) is 2. The SMILES string of the molecule is COc1ccc(OC[C@H](C)NC(=O)Nc2ccc(Cl)cc2)cc1. The molecule has 2 amide bonds. The molecule has 122 valence electrons. The molecule has 0 saturated carbocycles. The van der Waals surface area contributed by atoms with Crippen molar-refractivity contribution < 1.29 is 14.3 Å². The number of rotatable bonds is 6. The summed E-state index contributed by atoms with van der Waals surface area (Å²) in [6.45, 7) is 2.23. The van der Waals surface area contributed by atoms with Crippen molar-refractivity contribution in [2.75, 3.05) is 19.0 Å². The van der Waals surface area contributed by atoms with Gasteiger partial charge in [0.15, 0.2) is 0 Å². The van der Waals surface area contributed by atoms with Crippen molar-refractivity contribution in [2.24, 2.45) is 0 Å². The molecular formula is C17H19ClN2O3. The number of halogens is 1. The van der Waals surface area contributed by atoms with Gasteiger partial charge in [0.05, 0.1) is 13.2 Å². The van der Waals surface area contributed by atoms with Crippen molar-refractivity contribution in [1.29, 1.82) is 0 Å². The number of hydrogen-bond acceptors (Lipinski definition) is 3. The number of urea groups is 1. The highest BCUT2D eigenvalue weighted by atomic mass is 35.5. The van der Waals surface area contributed by atoms with Gasteiger partial charge in [0.25, 0.3) is 0 Å². The number of amides is 2. The van der Waals surface area contributed by atoms with Gasteiger partial charge in [-0.25, -0.2) is 4.79 Å². The van der Waals surface area contributed by atoms with Crippen molar-refractivity contribution in [3.05, 3.63) is 53.6 Å². The Labute approximate surface area is 140 Å². The average molecular weight is 335 g/mol. The van der Waals surface area contributed by atoms with Crippen LogP contribution < -0.4 is 20.1 Å². The number of carbonyl (C=O) groups is 1. The fourth-order valence-electron chi connectivity index (χ4n) is 1.86. The summed E-state index contributed by atoms with van der Waals surface area (Å²) in [6, 6.07) is 13.7. The summed E-state index contributed by atoms with van der Waals surface area (Å²) < 4.78 is 10.7. The zero-order valence-corrected chi connectivity index (χ0v) is 13.8. The zero-order valence-electron chi connectivity index (χ0n) is 13.0. The normalized spacial score (nSPS) is 11.4. The van der Waals surface area contributed by atoms with E-state index in [1.54, 1.807) is 31.4 Å². The lowest BCUT2D eigenvalue weighted by Gasteiger charge is -2.16. The Morgan fingerprint density at radius 3 is 2.30 bits per heavy atom. The zero-order chi connectivity index (χ0) is 16.7. The predicted octanol–water partition coefficient (Wildman–Crippen LogP) is 3.94. The fraction of sp³-hybridized carbons (Fsp3) is 0.235. The predicted molar refractivity (Wildman–Crippen MR) is 91.6 cm³/mol. The second kappa shape index (κ2) is 8.29. The van der Waals surface area contributed by atoms with Crippen molar-refractivity contribution in [1.82, 2.24) is 5.32 Å². The molecule has 23 heavy (non-hydrogen) atoms. The molecule has 0 heterocycles. The quantitative estimate of drug-likeness (QED) is 0.841. The second-order valence-electron chi connectivity index (χ2n) is 4.99. The molecule has 2 aromatic rings. The number of ether oxygens (including phenoxy) is 2. The van der Waals surface area contributed by atoms with E-state index in [4.69, 9.17) is 21.1 Å². The van der Waals surface area contributed by atoms with Crippen molar-refractivity contribution in [3.8, 4) is 11.5 Å². The number of benzene rings is 2. The van der Waals surface area contributed by atoms with Crippen molar-refractivity contribution in [2.45, 2.75) is 13.0 Å². The Bertz CT molecular complexity index is 629. The third-order valence-electron chi connectivity index (χ3n) is 3.04. The molecule has 1 atom stereocenters. The Morgan fingerprint density at radius 1 is 1.09 bits per heavy atom. The van der Waals surface area contributed by atoms with Gasteiger partial charge in [-0.05, 0) is 55.5 Å². The van der Waals surface area contributed by atoms with Gasteiger partial charge in [-0.2, -0.15) is 0 Å². The van der Waals surface area contributed by atoms with Gasteiger partial charge >= 0.3 is 6.03 Å². The van der Waals surface area contributed by atoms with E-state index >= 15 is 0 Å². The van der Waals surface area contributed by atoms with Gasteiger partial charge in [0.2, 0.25) is 0 Å². The first-order valence-electron chi connectivity index (χ1n) is 7.17. The molecule has 0 aliphatic rings. The molecule has 6 heteroatoms. The summed E-state index contributed by atoms with van der Waals surface area (Å²) in [7, 11) is 1.61. The topological polar surface area (TPSA) is 59.6 Å². The third-order valence-corrected chi connectivity index (χ3v) is 3.29. The van der Waals surface area contributed by atoms with E-state index in [2.05, 4.69) is 10.6 Å². The van der Waals surface area contributed by atoms with Gasteiger partial charge in [0.1, 0.15) is 18.1 Å². The largest absolute Gasteiger partial charge is 0.497 e. The monoisotopic (exact) mass is 334 g/mol. The Morgan fingerprint density at radius 2 is 1.70 bits per heavy atom. The van der Waals surface area contributed by atoms with Crippen LogP contribution in [0.2, 0.25) is 5.02 Å². The molecule has 0 saturated heterocycles. The summed E-state index contributed by atoms with van der Waals surface area (Å²) in [4.78, 5) is 11.9. The van der Waals surface area contributed by atoms with Crippen LogP contribution in [0.4, 0.5) is 10.5 Å². The van der Waals surface area contributed by atoms with E-state index in [0.29, 0.717) is 17.3 Å². The average Bonchev–Trinajstić information content (AvgIpc) is 2.55. The molecule has 0 fully saturated rings. The van der Waals surface area contributed by atoms with E-state index in [-0.39, 0.29) is 12.1 Å². The lowest BCUT2D eigenvalue weighted by molar-refractivity contribution is 0.236. The Balaban J connectivity index is 1.75. The number of carbonyl (C=O) groups excluding carboxylic acids is 1. The molecule has 0 aliphatic carbocycles. The molecule has 2 N–H and O–H groups in total. The van der Waals surface area contributed by atoms with Crippen LogP contribution in [-0.4, -0.2) is 25.8 Å². The van der Waals surface area contributed by atoms with Gasteiger partial charge in [-0.15, -0.1) is 0 Å². The molecule has 2 rings (SSSR count). The van der Waals surface area contributed by atoms with Crippen LogP contribution in [0.3, 0.4) is 0 Å². The molecule has 0 radical (unpaired) electrons. The van der Waals surface area contributed by atoms with Gasteiger partial charge in [-0.3, -0.25) is 0 Å². The highest BCUT2D eigenvalue weighted by Gasteiger charge is 2.08. The summed E-state index contributed by atoms with van der Waals surface area (Å²) in [5, 5.41) is 6.16. The summed E-state index contributed by atoms with van der Waals surface area (Å²) >= 11 is 5.80. The van der Waals surface area contributed by atoms with Crippen molar-refractivity contribution >= 4 is 23.3 Å². The lowest BCUT2D eigenvalue weighted by atomic mass is 10.3. The molecule has 2 aromatic carbocycles. The van der Waals surface area contributed by atoms with E-state index in [9.17, 15) is 4.79 Å². The summed E-state index contributed by atoms with van der Waals surface area (Å²) in [5.74, 6) is 1.49. The number of anilines is 1. The van der Waals surface area contributed by atoms with E-state index in [0.717, 1.165) is 11.5 Å². The minimum absolute atomic E-state index is 0.149. The first-order valence-corrected chi connectivity index (χ1v) is 7.54. The van der Waals surface area contributed by atoms with E-state index < -0.39 is 0 Å². The molecule has 5 nitrogen and oxygen atoms in total. The van der Waals surface area contributed by atoms with Crippen LogP contribution in [0.1, 0.15) is 6.92 Å². The van der Waals surface area contributed by atoms with Crippen LogP contribution in [-0.2, 0) is 0 Å². The second-order valence-corrected chi connectivity index (χ2v) is 5.43. The third kappa shape index (κ3) is 5.71. The highest BCUT2D eigenvalue weighted by molar-refractivity contribution is 6.30. The molecular weight excluding hydrogens is 316 g/mol. The van der Waals surface area contributed by atoms with Crippen LogP contribution in [0.5, 0.6) is 11.5 Å². The standard InChI is InChI=1S/C17H19ClN2O3/c1-12(11-23-16-9-7-15(22-2)8-10-16)19-17(21)20-14-5-3-13(18)4-6-14/h3-10,12H,11H2,1-2H3,(H2,19,20,21)/t12-/m0/s1. The lowest BCUT2D eigenvalue weighted by Crippen LogP contribution is -2.39. The van der Waals surface area contributed by atoms with E-state index in [1.807, 2.05) is 31.2 Å². The molecule has 0 spiro atoms. The summed E-state index contributed by atoms with van der Waals surface area (Å²) in [5.41, 5.74) is 0.676. The maximum Gasteiger partial charge on any atom is 0.319 e. The van der Waals surface area contributed by atoms with Gasteiger partial charge in [-0.1, -0.05) is 11.6 Å². The highest BCUT2D eigenvalue weighted by Crippen LogP contribution is 2.17. The Kier molecular flexibility index (Phi) is 6.11. The fourth-order valence-corrected chi connectivity index (χ4v) is 1.99. The van der Waals surface area contributed by atoms with Crippen LogP contribution in [0.15, 0.2) is 48.5 Å². The first-order chi connectivity index (χ1) is 11.1. The van der Waals surface area contributed by atoms with Gasteiger partial charge < -0.3 is 20.1 Å². The first kappa shape index (κ1) is 17.0. The maximum atomic E-state index is 11.9. The minimum Gasteiger partial charge on any atom is -0.497 e. The molecule has 0 aliphatic heterocycles.